The Morgan fingerprint density at radius 1 is 1.50 bits per heavy atom. The van der Waals surface area contributed by atoms with Gasteiger partial charge in [0.05, 0.1) is 6.10 Å². The van der Waals surface area contributed by atoms with Crippen molar-refractivity contribution in [1.82, 2.24) is 0 Å². The van der Waals surface area contributed by atoms with E-state index in [-0.39, 0.29) is 6.10 Å². The monoisotopic (exact) mass is 254 g/mol. The smallest absolute Gasteiger partial charge is 0.0728 e. The summed E-state index contributed by atoms with van der Waals surface area (Å²) in [5.41, 5.74) is 0. The molecule has 0 rings (SSSR count). The average molecular weight is 254 g/mol. The van der Waals surface area contributed by atoms with Crippen molar-refractivity contribution >= 4 is 22.6 Å². The van der Waals surface area contributed by atoms with Gasteiger partial charge in [0.1, 0.15) is 0 Å². The van der Waals surface area contributed by atoms with E-state index in [0.717, 1.165) is 12.8 Å². The Morgan fingerprint density at radius 2 is 2.20 bits per heavy atom. The second-order valence-corrected chi connectivity index (χ2v) is 3.10. The van der Waals surface area contributed by atoms with Crippen LogP contribution in [0.25, 0.3) is 0 Å². The second kappa shape index (κ2) is 7.54. The molecule has 0 aromatic carbocycles. The zero-order valence-electron chi connectivity index (χ0n) is 6.39. The molecule has 0 saturated carbocycles. The molecule has 2 heteroatoms. The summed E-state index contributed by atoms with van der Waals surface area (Å²) in [4.78, 5) is 0. The van der Waals surface area contributed by atoms with Gasteiger partial charge in [0.15, 0.2) is 0 Å². The van der Waals surface area contributed by atoms with Crippen molar-refractivity contribution < 1.29 is 5.11 Å². The average Bonchev–Trinajstić information content (AvgIpc) is 1.89. The molecule has 0 aliphatic heterocycles. The number of halogens is 1. The van der Waals surface area contributed by atoms with Gasteiger partial charge in [0.25, 0.3) is 0 Å². The fourth-order valence-electron chi connectivity index (χ4n) is 0.784. The van der Waals surface area contributed by atoms with E-state index in [1.165, 1.54) is 12.8 Å². The third-order valence-electron chi connectivity index (χ3n) is 1.40. The van der Waals surface area contributed by atoms with Gasteiger partial charge in [-0.2, -0.15) is 0 Å². The van der Waals surface area contributed by atoms with E-state index >= 15 is 0 Å². The van der Waals surface area contributed by atoms with Crippen LogP contribution in [0.2, 0.25) is 0 Å². The molecule has 0 aromatic rings. The molecule has 0 aliphatic carbocycles. The number of aliphatic hydroxyl groups is 1. The maximum absolute atomic E-state index is 9.18. The van der Waals surface area contributed by atoms with Crippen LogP contribution in [-0.4, -0.2) is 11.2 Å². The van der Waals surface area contributed by atoms with Crippen LogP contribution in [0.5, 0.6) is 0 Å². The highest BCUT2D eigenvalue weighted by molar-refractivity contribution is 14.1. The predicted molar refractivity (Wildman–Crippen MR) is 53.3 cm³/mol. The van der Waals surface area contributed by atoms with Crippen LogP contribution in [0.3, 0.4) is 0 Å². The SMILES string of the molecule is CCCCCC(O)/C=C/I. The van der Waals surface area contributed by atoms with Crippen molar-refractivity contribution in [2.24, 2.45) is 0 Å². The first-order valence-electron chi connectivity index (χ1n) is 3.76. The van der Waals surface area contributed by atoms with Gasteiger partial charge in [-0.15, -0.1) is 0 Å². The lowest BCUT2D eigenvalue weighted by molar-refractivity contribution is 0.208. The van der Waals surface area contributed by atoms with E-state index in [1.807, 2.05) is 10.2 Å². The van der Waals surface area contributed by atoms with Crippen molar-refractivity contribution in [3.8, 4) is 0 Å². The Kier molecular flexibility index (Phi) is 7.86. The van der Waals surface area contributed by atoms with E-state index < -0.39 is 0 Å². The summed E-state index contributed by atoms with van der Waals surface area (Å²) >= 11 is 2.12. The number of unbranched alkanes of at least 4 members (excludes halogenated alkanes) is 2. The Labute approximate surface area is 76.7 Å². The molecule has 1 N–H and O–H groups in total. The molecule has 0 radical (unpaired) electrons. The third-order valence-corrected chi connectivity index (χ3v) is 1.81. The maximum Gasteiger partial charge on any atom is 0.0728 e. The molecule has 1 nitrogen and oxygen atoms in total. The van der Waals surface area contributed by atoms with Crippen molar-refractivity contribution in [3.05, 3.63) is 10.2 Å². The lowest BCUT2D eigenvalue weighted by atomic mass is 10.1. The maximum atomic E-state index is 9.18. The van der Waals surface area contributed by atoms with Crippen LogP contribution >= 0.6 is 22.6 Å². The van der Waals surface area contributed by atoms with Crippen molar-refractivity contribution in [1.29, 1.82) is 0 Å². The van der Waals surface area contributed by atoms with Crippen LogP contribution in [0.4, 0.5) is 0 Å². The number of hydrogen-bond donors (Lipinski definition) is 1. The summed E-state index contributed by atoms with van der Waals surface area (Å²) in [6.07, 6.45) is 6.11. The van der Waals surface area contributed by atoms with Gasteiger partial charge >= 0.3 is 0 Å². The van der Waals surface area contributed by atoms with Crippen molar-refractivity contribution in [2.45, 2.75) is 38.7 Å². The molecule has 1 atom stereocenters. The molecule has 0 bridgehead atoms. The minimum Gasteiger partial charge on any atom is -0.389 e. The molecule has 0 heterocycles. The van der Waals surface area contributed by atoms with Crippen LogP contribution in [0, 0.1) is 0 Å². The lowest BCUT2D eigenvalue weighted by Gasteiger charge is -2.02. The quantitative estimate of drug-likeness (QED) is 0.590. The highest BCUT2D eigenvalue weighted by Crippen LogP contribution is 2.04. The van der Waals surface area contributed by atoms with Crippen molar-refractivity contribution in [2.75, 3.05) is 0 Å². The summed E-state index contributed by atoms with van der Waals surface area (Å²) in [6, 6.07) is 0. The Balaban J connectivity index is 3.13. The number of rotatable bonds is 5. The fraction of sp³-hybridized carbons (Fsp3) is 0.750. The standard InChI is InChI=1S/C8H15IO/c1-2-3-4-5-8(10)6-7-9/h6-8,10H,2-5H2,1H3/b7-6+. The molecule has 1 unspecified atom stereocenters. The normalized spacial score (nSPS) is 14.3. The van der Waals surface area contributed by atoms with Crippen LogP contribution < -0.4 is 0 Å². The van der Waals surface area contributed by atoms with E-state index in [1.54, 1.807) is 0 Å². The summed E-state index contributed by atoms with van der Waals surface area (Å²) in [7, 11) is 0. The largest absolute Gasteiger partial charge is 0.389 e. The second-order valence-electron chi connectivity index (χ2n) is 2.38. The van der Waals surface area contributed by atoms with Gasteiger partial charge in [-0.1, -0.05) is 54.9 Å². The zero-order valence-corrected chi connectivity index (χ0v) is 8.54. The van der Waals surface area contributed by atoms with Gasteiger partial charge in [0, 0.05) is 0 Å². The van der Waals surface area contributed by atoms with Gasteiger partial charge in [-0.05, 0) is 10.5 Å². The highest BCUT2D eigenvalue weighted by Gasteiger charge is 1.96. The molecular weight excluding hydrogens is 239 g/mol. The lowest BCUT2D eigenvalue weighted by Crippen LogP contribution is -2.00. The summed E-state index contributed by atoms with van der Waals surface area (Å²) in [6.45, 7) is 2.17. The van der Waals surface area contributed by atoms with Crippen LogP contribution in [0.15, 0.2) is 10.2 Å². The first kappa shape index (κ1) is 10.4. The molecule has 60 valence electrons. The molecule has 0 fully saturated rings. The van der Waals surface area contributed by atoms with Crippen LogP contribution in [0.1, 0.15) is 32.6 Å². The van der Waals surface area contributed by atoms with E-state index in [4.69, 9.17) is 0 Å². The predicted octanol–water partition coefficient (Wildman–Crippen LogP) is 2.88. The Morgan fingerprint density at radius 3 is 2.70 bits per heavy atom. The molecule has 0 amide bonds. The van der Waals surface area contributed by atoms with E-state index in [2.05, 4.69) is 29.5 Å². The van der Waals surface area contributed by atoms with Gasteiger partial charge < -0.3 is 5.11 Å². The molecule has 0 spiro atoms. The molecule has 0 aliphatic rings. The Bertz CT molecular complexity index is 91.3. The van der Waals surface area contributed by atoms with Crippen molar-refractivity contribution in [3.63, 3.8) is 0 Å². The summed E-state index contributed by atoms with van der Waals surface area (Å²) in [5.74, 6) is 0. The number of aliphatic hydroxyl groups excluding tert-OH is 1. The highest BCUT2D eigenvalue weighted by atomic mass is 127. The Hall–Kier alpha value is 0.430. The summed E-state index contributed by atoms with van der Waals surface area (Å²) < 4.78 is 1.87. The van der Waals surface area contributed by atoms with Gasteiger partial charge in [-0.3, -0.25) is 0 Å². The summed E-state index contributed by atoms with van der Waals surface area (Å²) in [5, 5.41) is 9.18. The molecule has 10 heavy (non-hydrogen) atoms. The zero-order chi connectivity index (χ0) is 7.82. The number of hydrogen-bond acceptors (Lipinski definition) is 1. The first-order valence-corrected chi connectivity index (χ1v) is 5.00. The molecule has 0 saturated heterocycles. The van der Waals surface area contributed by atoms with Gasteiger partial charge in [0.2, 0.25) is 0 Å². The minimum absolute atomic E-state index is 0.219. The van der Waals surface area contributed by atoms with Crippen LogP contribution in [-0.2, 0) is 0 Å². The first-order chi connectivity index (χ1) is 4.81. The molecule has 0 aromatic heterocycles. The van der Waals surface area contributed by atoms with E-state index in [0.29, 0.717) is 0 Å². The molecular formula is C8H15IO. The third kappa shape index (κ3) is 6.55. The van der Waals surface area contributed by atoms with E-state index in [9.17, 15) is 5.11 Å². The topological polar surface area (TPSA) is 20.2 Å². The van der Waals surface area contributed by atoms with Gasteiger partial charge in [-0.25, -0.2) is 0 Å². The minimum atomic E-state index is -0.219. The fourth-order valence-corrected chi connectivity index (χ4v) is 1.26.